The third-order valence-corrected chi connectivity index (χ3v) is 4.30. The topological polar surface area (TPSA) is 137 Å². The van der Waals surface area contributed by atoms with Gasteiger partial charge in [-0.1, -0.05) is 11.6 Å². The normalized spacial score (nSPS) is 13.6. The van der Waals surface area contributed by atoms with Gasteiger partial charge in [0.25, 0.3) is 11.4 Å². The van der Waals surface area contributed by atoms with E-state index in [0.717, 1.165) is 4.68 Å². The first-order chi connectivity index (χ1) is 12.7. The summed E-state index contributed by atoms with van der Waals surface area (Å²) in [5.41, 5.74) is -0.991. The molecule has 0 aliphatic heterocycles. The van der Waals surface area contributed by atoms with Crippen molar-refractivity contribution in [1.82, 2.24) is 20.1 Å². The molecule has 0 radical (unpaired) electrons. The largest absolute Gasteiger partial charge is 0.491 e. The number of amides is 1. The van der Waals surface area contributed by atoms with E-state index in [1.807, 2.05) is 0 Å². The number of pyridine rings is 1. The number of hydrogen-bond acceptors (Lipinski definition) is 6. The lowest BCUT2D eigenvalue weighted by molar-refractivity contribution is -0.129. The fourth-order valence-corrected chi connectivity index (χ4v) is 2.94. The molecule has 2 heterocycles. The van der Waals surface area contributed by atoms with Crippen molar-refractivity contribution in [3.05, 3.63) is 43.8 Å². The maximum atomic E-state index is 12.8. The van der Waals surface area contributed by atoms with Crippen molar-refractivity contribution in [3.8, 4) is 5.88 Å². The Balaban J connectivity index is 2.13. The molecule has 0 saturated heterocycles. The van der Waals surface area contributed by atoms with Gasteiger partial charge in [-0.2, -0.15) is 0 Å². The SMILES string of the molecule is CC(Cn1nc(O)c2[nH]c3cc(Cl)ccc3c(=O)c2c1=O)NC(=O)C(C)O. The molecule has 0 aliphatic rings. The molecule has 3 aromatic rings. The fourth-order valence-electron chi connectivity index (χ4n) is 2.77. The molecule has 1 aromatic carbocycles. The van der Waals surface area contributed by atoms with Crippen LogP contribution in [0.2, 0.25) is 5.02 Å². The average Bonchev–Trinajstić information content (AvgIpc) is 2.58. The number of nitrogens with one attached hydrogen (secondary N) is 2. The zero-order valence-corrected chi connectivity index (χ0v) is 15.2. The summed E-state index contributed by atoms with van der Waals surface area (Å²) in [6, 6.07) is 3.95. The molecule has 0 fully saturated rings. The minimum atomic E-state index is -1.21. The van der Waals surface area contributed by atoms with Gasteiger partial charge in [-0.25, -0.2) is 4.68 Å². The van der Waals surface area contributed by atoms with Gasteiger partial charge in [-0.15, -0.1) is 5.10 Å². The van der Waals surface area contributed by atoms with Crippen molar-refractivity contribution >= 4 is 39.3 Å². The minimum Gasteiger partial charge on any atom is -0.491 e. The highest BCUT2D eigenvalue weighted by Gasteiger charge is 2.19. The lowest BCUT2D eigenvalue weighted by Crippen LogP contribution is -2.43. The van der Waals surface area contributed by atoms with E-state index in [4.69, 9.17) is 11.6 Å². The Morgan fingerprint density at radius 3 is 2.74 bits per heavy atom. The molecule has 4 N–H and O–H groups in total. The van der Waals surface area contributed by atoms with Crippen LogP contribution in [0.1, 0.15) is 13.8 Å². The zero-order valence-electron chi connectivity index (χ0n) is 14.5. The second-order valence-corrected chi connectivity index (χ2v) is 6.73. The molecular formula is C17H17ClN4O5. The standard InChI is InChI=1S/C17H17ClN4O5/c1-7(19-15(25)8(2)23)6-22-17(27)12-13(16(26)21-22)20-11-5-9(18)3-4-10(11)14(12)24/h3-5,7-8,23H,6H2,1-2H3,(H,19,25)(H,20,24)(H,21,26). The number of aromatic hydroxyl groups is 1. The van der Waals surface area contributed by atoms with Crippen LogP contribution in [0.3, 0.4) is 0 Å². The number of carbonyl (C=O) groups excluding carboxylic acids is 1. The van der Waals surface area contributed by atoms with Crippen LogP contribution in [0.25, 0.3) is 21.8 Å². The van der Waals surface area contributed by atoms with E-state index in [2.05, 4.69) is 15.4 Å². The average molecular weight is 393 g/mol. The first kappa shape index (κ1) is 18.9. The monoisotopic (exact) mass is 392 g/mol. The minimum absolute atomic E-state index is 0.0864. The summed E-state index contributed by atoms with van der Waals surface area (Å²) in [5, 5.41) is 26.2. The molecule has 3 rings (SSSR count). The van der Waals surface area contributed by atoms with Crippen molar-refractivity contribution in [2.45, 2.75) is 32.5 Å². The molecule has 2 atom stereocenters. The van der Waals surface area contributed by atoms with Gasteiger partial charge in [0, 0.05) is 16.5 Å². The summed E-state index contributed by atoms with van der Waals surface area (Å²) in [5.74, 6) is -1.14. The van der Waals surface area contributed by atoms with Gasteiger partial charge < -0.3 is 20.5 Å². The summed E-state index contributed by atoms with van der Waals surface area (Å²) >= 11 is 5.92. The van der Waals surface area contributed by atoms with Gasteiger partial charge in [0.15, 0.2) is 0 Å². The number of H-pyrrole nitrogens is 1. The van der Waals surface area contributed by atoms with Crippen LogP contribution in [-0.2, 0) is 11.3 Å². The molecule has 2 unspecified atom stereocenters. The smallest absolute Gasteiger partial charge is 0.280 e. The Labute approximate surface area is 157 Å². The number of aromatic amines is 1. The molecular weight excluding hydrogens is 376 g/mol. The molecule has 1 amide bonds. The van der Waals surface area contributed by atoms with Crippen molar-refractivity contribution in [2.75, 3.05) is 0 Å². The number of halogens is 1. The molecule has 9 nitrogen and oxygen atoms in total. The molecule has 10 heteroatoms. The number of aliphatic hydroxyl groups is 1. The number of aromatic nitrogens is 3. The maximum Gasteiger partial charge on any atom is 0.280 e. The predicted octanol–water partition coefficient (Wildman–Crippen LogP) is 0.482. The van der Waals surface area contributed by atoms with E-state index in [1.165, 1.54) is 25.1 Å². The van der Waals surface area contributed by atoms with Gasteiger partial charge >= 0.3 is 0 Å². The van der Waals surface area contributed by atoms with Crippen molar-refractivity contribution in [3.63, 3.8) is 0 Å². The predicted molar refractivity (Wildman–Crippen MR) is 100 cm³/mol. The first-order valence-electron chi connectivity index (χ1n) is 8.12. The van der Waals surface area contributed by atoms with E-state index in [1.54, 1.807) is 6.92 Å². The van der Waals surface area contributed by atoms with Crippen molar-refractivity contribution < 1.29 is 15.0 Å². The highest BCUT2D eigenvalue weighted by Crippen LogP contribution is 2.20. The molecule has 27 heavy (non-hydrogen) atoms. The Hall–Kier alpha value is -2.91. The zero-order chi connectivity index (χ0) is 19.9. The molecule has 142 valence electrons. The number of rotatable bonds is 4. The highest BCUT2D eigenvalue weighted by atomic mass is 35.5. The first-order valence-corrected chi connectivity index (χ1v) is 8.50. The lowest BCUT2D eigenvalue weighted by Gasteiger charge is -2.16. The number of hydrogen-bond donors (Lipinski definition) is 4. The summed E-state index contributed by atoms with van der Waals surface area (Å²) < 4.78 is 0.904. The van der Waals surface area contributed by atoms with Crippen molar-refractivity contribution in [2.24, 2.45) is 0 Å². The van der Waals surface area contributed by atoms with Gasteiger partial charge in [0.05, 0.1) is 12.1 Å². The lowest BCUT2D eigenvalue weighted by atomic mass is 10.1. The summed E-state index contributed by atoms with van der Waals surface area (Å²) in [4.78, 5) is 39.9. The maximum absolute atomic E-state index is 12.8. The van der Waals surface area contributed by atoms with Crippen LogP contribution in [-0.4, -0.2) is 43.0 Å². The Kier molecular flexibility index (Phi) is 4.90. The summed E-state index contributed by atoms with van der Waals surface area (Å²) in [7, 11) is 0. The molecule has 0 saturated carbocycles. The third kappa shape index (κ3) is 3.51. The van der Waals surface area contributed by atoms with Gasteiger partial charge in [-0.3, -0.25) is 14.4 Å². The number of benzene rings is 1. The van der Waals surface area contributed by atoms with E-state index < -0.39 is 34.9 Å². The Morgan fingerprint density at radius 2 is 2.07 bits per heavy atom. The van der Waals surface area contributed by atoms with Crippen LogP contribution < -0.4 is 16.3 Å². The summed E-state index contributed by atoms with van der Waals surface area (Å²) in [6.45, 7) is 2.81. The highest BCUT2D eigenvalue weighted by molar-refractivity contribution is 6.31. The van der Waals surface area contributed by atoms with Gasteiger partial charge in [-0.05, 0) is 32.0 Å². The third-order valence-electron chi connectivity index (χ3n) is 4.07. The number of fused-ring (bicyclic) bond motifs is 2. The second kappa shape index (κ2) is 7.01. The fraction of sp³-hybridized carbons (Fsp3) is 0.294. The van der Waals surface area contributed by atoms with E-state index in [9.17, 15) is 24.6 Å². The Morgan fingerprint density at radius 1 is 1.37 bits per heavy atom. The number of aliphatic hydroxyl groups excluding tert-OH is 1. The molecule has 0 spiro atoms. The van der Waals surface area contributed by atoms with Crippen LogP contribution >= 0.6 is 11.6 Å². The molecule has 2 aromatic heterocycles. The van der Waals surface area contributed by atoms with Crippen LogP contribution in [0.4, 0.5) is 0 Å². The number of nitrogens with zero attached hydrogens (tertiary/aromatic N) is 2. The number of carbonyl (C=O) groups is 1. The van der Waals surface area contributed by atoms with Crippen LogP contribution in [0.5, 0.6) is 5.88 Å². The van der Waals surface area contributed by atoms with Gasteiger partial charge in [0.2, 0.25) is 11.3 Å². The molecule has 0 aliphatic carbocycles. The second-order valence-electron chi connectivity index (χ2n) is 6.29. The van der Waals surface area contributed by atoms with E-state index >= 15 is 0 Å². The quantitative estimate of drug-likeness (QED) is 0.476. The van der Waals surface area contributed by atoms with Crippen molar-refractivity contribution in [1.29, 1.82) is 0 Å². The molecule has 0 bridgehead atoms. The summed E-state index contributed by atoms with van der Waals surface area (Å²) in [6.07, 6.45) is -1.21. The van der Waals surface area contributed by atoms with Crippen LogP contribution in [0.15, 0.2) is 27.8 Å². The van der Waals surface area contributed by atoms with Gasteiger partial charge in [0.1, 0.15) is 17.0 Å². The van der Waals surface area contributed by atoms with Crippen LogP contribution in [0, 0.1) is 0 Å². The Bertz CT molecular complexity index is 1170. The van der Waals surface area contributed by atoms with E-state index in [-0.39, 0.29) is 22.8 Å². The van der Waals surface area contributed by atoms with E-state index in [0.29, 0.717) is 10.5 Å².